The Kier molecular flexibility index (Phi) is 7.33. The fourth-order valence-corrected chi connectivity index (χ4v) is 2.06. The number of carbonyl (C=O) groups is 4. The molecule has 0 aliphatic heterocycles. The molecule has 0 heterocycles. The van der Waals surface area contributed by atoms with E-state index in [0.717, 1.165) is 0 Å². The van der Waals surface area contributed by atoms with E-state index in [1.165, 1.54) is 26.0 Å². The molecule has 0 aromatic heterocycles. The second-order valence-electron chi connectivity index (χ2n) is 6.77. The number of alkyl carbamates (subject to hydrolysis) is 1. The highest BCUT2D eigenvalue weighted by Gasteiger charge is 2.23. The molecular weight excluding hydrogens is 356 g/mol. The van der Waals surface area contributed by atoms with Crippen molar-refractivity contribution in [2.24, 2.45) is 5.73 Å². The molecule has 0 radical (unpaired) electrons. The van der Waals surface area contributed by atoms with Crippen LogP contribution in [0.4, 0.5) is 4.79 Å². The minimum atomic E-state index is -1.05. The first kappa shape index (κ1) is 21.9. The summed E-state index contributed by atoms with van der Waals surface area (Å²) in [5.74, 6) is -1.90. The summed E-state index contributed by atoms with van der Waals surface area (Å²) in [4.78, 5) is 46.0. The quantitative estimate of drug-likeness (QED) is 0.563. The highest BCUT2D eigenvalue weighted by Crippen LogP contribution is 2.29. The molecule has 148 valence electrons. The van der Waals surface area contributed by atoms with Crippen LogP contribution in [0.15, 0.2) is 18.2 Å². The molecule has 0 saturated carbocycles. The minimum Gasteiger partial charge on any atom is -0.444 e. The highest BCUT2D eigenvalue weighted by atomic mass is 16.6. The monoisotopic (exact) mass is 380 g/mol. The first-order chi connectivity index (χ1) is 12.4. The van der Waals surface area contributed by atoms with Gasteiger partial charge < -0.3 is 25.3 Å². The number of ether oxygens (including phenoxy) is 3. The highest BCUT2D eigenvalue weighted by molar-refractivity contribution is 5.84. The fraction of sp³-hybridized carbons (Fsp3) is 0.444. The van der Waals surface area contributed by atoms with E-state index >= 15 is 0 Å². The van der Waals surface area contributed by atoms with Crippen molar-refractivity contribution in [3.05, 3.63) is 23.8 Å². The number of nitrogens with two attached hydrogens (primary N) is 1. The van der Waals surface area contributed by atoms with Gasteiger partial charge in [0.15, 0.2) is 11.5 Å². The zero-order chi connectivity index (χ0) is 20.8. The van der Waals surface area contributed by atoms with Crippen LogP contribution in [0.1, 0.15) is 40.2 Å². The summed E-state index contributed by atoms with van der Waals surface area (Å²) in [6, 6.07) is 3.34. The lowest BCUT2D eigenvalue weighted by atomic mass is 10.0. The predicted molar refractivity (Wildman–Crippen MR) is 95.1 cm³/mol. The van der Waals surface area contributed by atoms with Gasteiger partial charge in [-0.15, -0.1) is 0 Å². The van der Waals surface area contributed by atoms with Gasteiger partial charge in [0.2, 0.25) is 5.91 Å². The summed E-state index contributed by atoms with van der Waals surface area (Å²) in [5, 5.41) is 2.40. The van der Waals surface area contributed by atoms with E-state index in [4.69, 9.17) is 19.9 Å². The molecule has 9 nitrogen and oxygen atoms in total. The van der Waals surface area contributed by atoms with Crippen molar-refractivity contribution < 1.29 is 33.4 Å². The maximum absolute atomic E-state index is 11.9. The van der Waals surface area contributed by atoms with Crippen molar-refractivity contribution in [1.82, 2.24) is 5.32 Å². The van der Waals surface area contributed by atoms with Gasteiger partial charge in [0.25, 0.3) is 0 Å². The molecule has 0 bridgehead atoms. The molecule has 0 spiro atoms. The van der Waals surface area contributed by atoms with Gasteiger partial charge in [-0.25, -0.2) is 4.79 Å². The molecule has 0 aliphatic carbocycles. The minimum absolute atomic E-state index is 0.00990. The van der Waals surface area contributed by atoms with Crippen LogP contribution in [0.2, 0.25) is 0 Å². The number of primary amides is 1. The van der Waals surface area contributed by atoms with Crippen LogP contribution in [0, 0.1) is 0 Å². The van der Waals surface area contributed by atoms with Crippen molar-refractivity contribution in [2.45, 2.75) is 52.7 Å². The average molecular weight is 380 g/mol. The van der Waals surface area contributed by atoms with E-state index in [9.17, 15) is 19.2 Å². The predicted octanol–water partition coefficient (Wildman–Crippen LogP) is 1.46. The van der Waals surface area contributed by atoms with Gasteiger partial charge >= 0.3 is 18.0 Å². The smallest absolute Gasteiger partial charge is 0.408 e. The zero-order valence-electron chi connectivity index (χ0n) is 16.0. The molecule has 0 saturated heterocycles. The van der Waals surface area contributed by atoms with Gasteiger partial charge in [-0.05, 0) is 38.5 Å². The maximum Gasteiger partial charge on any atom is 0.408 e. The molecule has 1 aromatic rings. The Balaban J connectivity index is 3.01. The lowest BCUT2D eigenvalue weighted by molar-refractivity contribution is -0.134. The van der Waals surface area contributed by atoms with E-state index in [1.807, 2.05) is 0 Å². The lowest BCUT2D eigenvalue weighted by Crippen LogP contribution is -2.47. The summed E-state index contributed by atoms with van der Waals surface area (Å²) in [6.07, 6.45) is -0.772. The number of hydrogen-bond acceptors (Lipinski definition) is 7. The van der Waals surface area contributed by atoms with Crippen LogP contribution in [0.25, 0.3) is 0 Å². The molecule has 2 amide bonds. The van der Waals surface area contributed by atoms with Crippen molar-refractivity contribution >= 4 is 23.9 Å². The van der Waals surface area contributed by atoms with Gasteiger partial charge in [0.05, 0.1) is 0 Å². The van der Waals surface area contributed by atoms with Gasteiger partial charge in [-0.3, -0.25) is 14.4 Å². The lowest BCUT2D eigenvalue weighted by Gasteiger charge is -2.22. The number of nitrogens with one attached hydrogen (secondary N) is 1. The normalized spacial score (nSPS) is 11.9. The van der Waals surface area contributed by atoms with Crippen molar-refractivity contribution in [3.8, 4) is 11.5 Å². The number of amides is 2. The van der Waals surface area contributed by atoms with Crippen molar-refractivity contribution in [1.29, 1.82) is 0 Å². The zero-order valence-corrected chi connectivity index (χ0v) is 16.0. The molecule has 1 atom stereocenters. The van der Waals surface area contributed by atoms with Gasteiger partial charge in [0, 0.05) is 20.3 Å². The third-order valence-corrected chi connectivity index (χ3v) is 2.99. The van der Waals surface area contributed by atoms with Gasteiger partial charge in [-0.2, -0.15) is 0 Å². The average Bonchev–Trinajstić information content (AvgIpc) is 2.46. The molecule has 9 heteroatoms. The Morgan fingerprint density at radius 3 is 2.07 bits per heavy atom. The molecular formula is C18H24N2O7. The molecule has 1 aromatic carbocycles. The maximum atomic E-state index is 11.9. The second kappa shape index (κ2) is 9.02. The Morgan fingerprint density at radius 1 is 1.04 bits per heavy atom. The molecule has 0 aliphatic rings. The van der Waals surface area contributed by atoms with E-state index in [0.29, 0.717) is 5.56 Å². The van der Waals surface area contributed by atoms with E-state index in [2.05, 4.69) is 5.32 Å². The summed E-state index contributed by atoms with van der Waals surface area (Å²) in [5.41, 5.74) is 5.13. The Hall–Kier alpha value is -3.10. The first-order valence-corrected chi connectivity index (χ1v) is 8.16. The number of carbonyl (C=O) groups excluding carboxylic acids is 4. The van der Waals surface area contributed by atoms with E-state index < -0.39 is 35.6 Å². The summed E-state index contributed by atoms with van der Waals surface area (Å²) in [6.45, 7) is 7.46. The largest absolute Gasteiger partial charge is 0.444 e. The molecule has 0 unspecified atom stereocenters. The summed E-state index contributed by atoms with van der Waals surface area (Å²) in [7, 11) is 0. The van der Waals surface area contributed by atoms with Crippen LogP contribution >= 0.6 is 0 Å². The second-order valence-corrected chi connectivity index (χ2v) is 6.77. The van der Waals surface area contributed by atoms with Crippen LogP contribution in [0.5, 0.6) is 11.5 Å². The van der Waals surface area contributed by atoms with Gasteiger partial charge in [-0.1, -0.05) is 6.07 Å². The summed E-state index contributed by atoms with van der Waals surface area (Å²) >= 11 is 0. The standard InChI is InChI=1S/C18H24N2O7/c1-10(21)25-14-7-6-12(9-15(14)26-11(2)22)8-13(16(19)23)20-17(24)27-18(3,4)5/h6-7,9,13H,8H2,1-5H3,(H2,19,23)(H,20,24)/t13-/m0/s1. The third kappa shape index (κ3) is 8.21. The third-order valence-electron chi connectivity index (χ3n) is 2.99. The molecule has 3 N–H and O–H groups in total. The Morgan fingerprint density at radius 2 is 1.59 bits per heavy atom. The Bertz CT molecular complexity index is 738. The van der Waals surface area contributed by atoms with Crippen molar-refractivity contribution in [2.75, 3.05) is 0 Å². The van der Waals surface area contributed by atoms with Crippen molar-refractivity contribution in [3.63, 3.8) is 0 Å². The summed E-state index contributed by atoms with van der Waals surface area (Å²) < 4.78 is 15.1. The first-order valence-electron chi connectivity index (χ1n) is 8.16. The number of hydrogen-bond donors (Lipinski definition) is 2. The van der Waals surface area contributed by atoms with Gasteiger partial charge in [0.1, 0.15) is 11.6 Å². The molecule has 1 rings (SSSR count). The van der Waals surface area contributed by atoms with E-state index in [1.54, 1.807) is 26.8 Å². The Labute approximate surface area is 157 Å². The van der Waals surface area contributed by atoms with E-state index in [-0.39, 0.29) is 17.9 Å². The number of benzene rings is 1. The number of esters is 2. The van der Waals surface area contributed by atoms with Crippen LogP contribution in [-0.2, 0) is 25.5 Å². The fourth-order valence-electron chi connectivity index (χ4n) is 2.06. The molecule has 0 fully saturated rings. The van der Waals surface area contributed by atoms with Crippen LogP contribution < -0.4 is 20.5 Å². The number of rotatable bonds is 6. The SMILES string of the molecule is CC(=O)Oc1ccc(C[C@H](NC(=O)OC(C)(C)C)C(N)=O)cc1OC(C)=O. The van der Waals surface area contributed by atoms with Crippen LogP contribution in [0.3, 0.4) is 0 Å². The van der Waals surface area contributed by atoms with Crippen LogP contribution in [-0.4, -0.2) is 35.6 Å². The molecule has 27 heavy (non-hydrogen) atoms. The topological polar surface area (TPSA) is 134 Å².